The molecule has 2 aliphatic carbocycles. The Morgan fingerprint density at radius 3 is 2.75 bits per heavy atom. The van der Waals surface area contributed by atoms with Gasteiger partial charge in [-0.05, 0) is 38.5 Å². The lowest BCUT2D eigenvalue weighted by Gasteiger charge is -2.21. The summed E-state index contributed by atoms with van der Waals surface area (Å²) in [4.78, 5) is 22.9. The summed E-state index contributed by atoms with van der Waals surface area (Å²) in [5, 5.41) is 9.16. The van der Waals surface area contributed by atoms with Crippen LogP contribution in [0.4, 0.5) is 5.82 Å². The molecule has 1 atom stereocenters. The monoisotopic (exact) mass is 273 g/mol. The topological polar surface area (TPSA) is 66.3 Å². The molecule has 106 valence electrons. The van der Waals surface area contributed by atoms with Gasteiger partial charge in [-0.2, -0.15) is 0 Å². The number of nitrogens with zero attached hydrogens (tertiary/aromatic N) is 3. The third-order valence-electron chi connectivity index (χ3n) is 4.71. The Hall–Kier alpha value is -1.65. The molecule has 4 rings (SSSR count). The summed E-state index contributed by atoms with van der Waals surface area (Å²) >= 11 is 0. The molecular weight excluding hydrogens is 254 g/mol. The SMILES string of the molecule is O=C(O)[C@@H]1CCN(c2nc(C3CC3)nc3c2CCC3)C1. The van der Waals surface area contributed by atoms with Gasteiger partial charge in [-0.1, -0.05) is 0 Å². The number of hydrogen-bond donors (Lipinski definition) is 1. The first-order valence-electron chi connectivity index (χ1n) is 7.60. The van der Waals surface area contributed by atoms with Crippen molar-refractivity contribution in [2.45, 2.75) is 44.4 Å². The van der Waals surface area contributed by atoms with Crippen molar-refractivity contribution in [3.05, 3.63) is 17.1 Å². The molecule has 2 fully saturated rings. The lowest BCUT2D eigenvalue weighted by Crippen LogP contribution is -2.25. The van der Waals surface area contributed by atoms with E-state index in [2.05, 4.69) is 4.90 Å². The number of fused-ring (bicyclic) bond motifs is 1. The molecule has 0 bridgehead atoms. The van der Waals surface area contributed by atoms with Gasteiger partial charge in [0, 0.05) is 30.3 Å². The molecule has 1 saturated carbocycles. The fourth-order valence-corrected chi connectivity index (χ4v) is 3.37. The van der Waals surface area contributed by atoms with E-state index >= 15 is 0 Å². The van der Waals surface area contributed by atoms with Crippen molar-refractivity contribution < 1.29 is 9.90 Å². The molecule has 0 amide bonds. The van der Waals surface area contributed by atoms with Crippen LogP contribution in [0, 0.1) is 5.92 Å². The van der Waals surface area contributed by atoms with E-state index in [1.165, 1.54) is 24.1 Å². The summed E-state index contributed by atoms with van der Waals surface area (Å²) < 4.78 is 0. The minimum atomic E-state index is -0.680. The number of carboxylic acids is 1. The number of hydrogen-bond acceptors (Lipinski definition) is 4. The molecule has 0 aromatic carbocycles. The van der Waals surface area contributed by atoms with Gasteiger partial charge < -0.3 is 10.0 Å². The van der Waals surface area contributed by atoms with E-state index in [9.17, 15) is 4.79 Å². The second kappa shape index (κ2) is 4.43. The Balaban J connectivity index is 1.68. The quantitative estimate of drug-likeness (QED) is 0.909. The van der Waals surface area contributed by atoms with Crippen molar-refractivity contribution in [2.75, 3.05) is 18.0 Å². The number of carboxylic acid groups (broad SMARTS) is 1. The van der Waals surface area contributed by atoms with Crippen molar-refractivity contribution in [3.63, 3.8) is 0 Å². The Bertz CT molecular complexity index is 568. The van der Waals surface area contributed by atoms with Crippen LogP contribution in [0.25, 0.3) is 0 Å². The van der Waals surface area contributed by atoms with Crippen LogP contribution in [0.5, 0.6) is 0 Å². The van der Waals surface area contributed by atoms with E-state index in [-0.39, 0.29) is 5.92 Å². The van der Waals surface area contributed by atoms with Gasteiger partial charge in [-0.15, -0.1) is 0 Å². The predicted octanol–water partition coefficient (Wildman–Crippen LogP) is 1.75. The van der Waals surface area contributed by atoms with Crippen molar-refractivity contribution in [1.82, 2.24) is 9.97 Å². The zero-order valence-corrected chi connectivity index (χ0v) is 11.5. The van der Waals surface area contributed by atoms with Crippen LogP contribution in [0.1, 0.15) is 48.7 Å². The molecule has 0 spiro atoms. The maximum atomic E-state index is 11.1. The molecule has 1 aromatic heterocycles. The maximum absolute atomic E-state index is 11.1. The summed E-state index contributed by atoms with van der Waals surface area (Å²) in [5.41, 5.74) is 2.50. The molecule has 1 aromatic rings. The van der Waals surface area contributed by atoms with Gasteiger partial charge in [0.15, 0.2) is 0 Å². The third kappa shape index (κ3) is 1.96. The van der Waals surface area contributed by atoms with E-state index in [1.807, 2.05) is 0 Å². The molecule has 0 unspecified atom stereocenters. The highest BCUT2D eigenvalue weighted by molar-refractivity contribution is 5.72. The molecule has 0 radical (unpaired) electrons. The maximum Gasteiger partial charge on any atom is 0.308 e. The zero-order valence-electron chi connectivity index (χ0n) is 11.5. The summed E-state index contributed by atoms with van der Waals surface area (Å²) in [6.07, 6.45) is 6.39. The van der Waals surface area contributed by atoms with Gasteiger partial charge >= 0.3 is 5.97 Å². The number of aromatic nitrogens is 2. The van der Waals surface area contributed by atoms with Gasteiger partial charge in [0.1, 0.15) is 11.6 Å². The minimum Gasteiger partial charge on any atom is -0.481 e. The number of aryl methyl sites for hydroxylation is 1. The smallest absolute Gasteiger partial charge is 0.308 e. The molecule has 5 nitrogen and oxygen atoms in total. The first-order chi connectivity index (χ1) is 9.72. The van der Waals surface area contributed by atoms with Crippen molar-refractivity contribution in [3.8, 4) is 0 Å². The fourth-order valence-electron chi connectivity index (χ4n) is 3.37. The van der Waals surface area contributed by atoms with Crippen LogP contribution in [-0.4, -0.2) is 34.1 Å². The van der Waals surface area contributed by atoms with E-state index in [4.69, 9.17) is 15.1 Å². The highest BCUT2D eigenvalue weighted by atomic mass is 16.4. The molecule has 3 aliphatic rings. The lowest BCUT2D eigenvalue weighted by atomic mass is 10.1. The first-order valence-corrected chi connectivity index (χ1v) is 7.60. The Kier molecular flexibility index (Phi) is 2.69. The predicted molar refractivity (Wildman–Crippen MR) is 74.0 cm³/mol. The van der Waals surface area contributed by atoms with Gasteiger partial charge in [0.25, 0.3) is 0 Å². The highest BCUT2D eigenvalue weighted by Crippen LogP contribution is 2.41. The second-order valence-electron chi connectivity index (χ2n) is 6.23. The summed E-state index contributed by atoms with van der Waals surface area (Å²) in [6, 6.07) is 0. The minimum absolute atomic E-state index is 0.244. The van der Waals surface area contributed by atoms with Crippen LogP contribution >= 0.6 is 0 Å². The van der Waals surface area contributed by atoms with Crippen molar-refractivity contribution >= 4 is 11.8 Å². The average molecular weight is 273 g/mol. The van der Waals surface area contributed by atoms with Crippen LogP contribution in [0.15, 0.2) is 0 Å². The summed E-state index contributed by atoms with van der Waals surface area (Å²) in [5.74, 6) is 1.67. The fraction of sp³-hybridized carbons (Fsp3) is 0.667. The standard InChI is InChI=1S/C15H19N3O2/c19-15(20)10-6-7-18(8-10)14-11-2-1-3-12(11)16-13(17-14)9-4-5-9/h9-10H,1-8H2,(H,19,20)/t10-/m1/s1. The van der Waals surface area contributed by atoms with Crippen molar-refractivity contribution in [1.29, 1.82) is 0 Å². The van der Waals surface area contributed by atoms with Crippen molar-refractivity contribution in [2.24, 2.45) is 5.92 Å². The molecule has 1 saturated heterocycles. The number of anilines is 1. The van der Waals surface area contributed by atoms with E-state index in [0.29, 0.717) is 12.5 Å². The zero-order chi connectivity index (χ0) is 13.7. The van der Waals surface area contributed by atoms with E-state index < -0.39 is 5.97 Å². The number of aliphatic carboxylic acids is 1. The molecule has 1 aliphatic heterocycles. The Morgan fingerprint density at radius 1 is 1.20 bits per heavy atom. The largest absolute Gasteiger partial charge is 0.481 e. The summed E-state index contributed by atoms with van der Waals surface area (Å²) in [6.45, 7) is 1.41. The van der Waals surface area contributed by atoms with Crippen LogP contribution in [-0.2, 0) is 17.6 Å². The van der Waals surface area contributed by atoms with Crippen LogP contribution in [0.2, 0.25) is 0 Å². The van der Waals surface area contributed by atoms with Crippen LogP contribution < -0.4 is 4.90 Å². The van der Waals surface area contributed by atoms with E-state index in [0.717, 1.165) is 43.9 Å². The molecular formula is C15H19N3O2. The first kappa shape index (κ1) is 12.1. The third-order valence-corrected chi connectivity index (χ3v) is 4.71. The average Bonchev–Trinajstić information content (AvgIpc) is 2.99. The molecule has 20 heavy (non-hydrogen) atoms. The lowest BCUT2D eigenvalue weighted by molar-refractivity contribution is -0.140. The molecule has 2 heterocycles. The molecule has 5 heteroatoms. The van der Waals surface area contributed by atoms with Gasteiger partial charge in [-0.25, -0.2) is 9.97 Å². The second-order valence-corrected chi connectivity index (χ2v) is 6.23. The highest BCUT2D eigenvalue weighted by Gasteiger charge is 2.34. The Morgan fingerprint density at radius 2 is 2.05 bits per heavy atom. The normalized spacial score (nSPS) is 25.0. The van der Waals surface area contributed by atoms with Crippen LogP contribution in [0.3, 0.4) is 0 Å². The number of rotatable bonds is 3. The van der Waals surface area contributed by atoms with Gasteiger partial charge in [0.2, 0.25) is 0 Å². The number of carbonyl (C=O) groups is 1. The molecule has 1 N–H and O–H groups in total. The van der Waals surface area contributed by atoms with Gasteiger partial charge in [0.05, 0.1) is 5.92 Å². The summed E-state index contributed by atoms with van der Waals surface area (Å²) in [7, 11) is 0. The van der Waals surface area contributed by atoms with Gasteiger partial charge in [-0.3, -0.25) is 4.79 Å². The Labute approximate surface area is 118 Å². The van der Waals surface area contributed by atoms with E-state index in [1.54, 1.807) is 0 Å².